The molecule has 182 valence electrons. The van der Waals surface area contributed by atoms with Crippen LogP contribution in [0.25, 0.3) is 0 Å². The molecule has 0 heterocycles. The summed E-state index contributed by atoms with van der Waals surface area (Å²) in [6.45, 7) is 16.4. The summed E-state index contributed by atoms with van der Waals surface area (Å²) in [4.78, 5) is 0. The zero-order valence-electron chi connectivity index (χ0n) is 21.4. The van der Waals surface area contributed by atoms with Gasteiger partial charge in [-0.2, -0.15) is 0 Å². The lowest BCUT2D eigenvalue weighted by atomic mass is 9.61. The lowest BCUT2D eigenvalue weighted by molar-refractivity contribution is 0.0436. The smallest absolute Gasteiger partial charge is 0.0806 e. The Morgan fingerprint density at radius 3 is 2.53 bits per heavy atom. The molecule has 3 heteroatoms. The minimum atomic E-state index is -0.681. The Balaban J connectivity index is 2.15. The van der Waals surface area contributed by atoms with E-state index in [0.29, 0.717) is 35.2 Å². The van der Waals surface area contributed by atoms with E-state index in [-0.39, 0.29) is 12.5 Å². The van der Waals surface area contributed by atoms with Crippen molar-refractivity contribution in [1.82, 2.24) is 0 Å². The molecule has 2 rings (SSSR count). The normalized spacial score (nSPS) is 31.0. The molecule has 1 unspecified atom stereocenters. The molecule has 0 aromatic heterocycles. The molecule has 2 fully saturated rings. The van der Waals surface area contributed by atoms with Gasteiger partial charge in [-0.1, -0.05) is 69.7 Å². The van der Waals surface area contributed by atoms with E-state index >= 15 is 0 Å². The minimum absolute atomic E-state index is 0.145. The molecular formula is C29H48O3. The van der Waals surface area contributed by atoms with Gasteiger partial charge in [-0.3, -0.25) is 0 Å². The second-order valence-electron chi connectivity index (χ2n) is 11.2. The van der Waals surface area contributed by atoms with Crippen molar-refractivity contribution in [1.29, 1.82) is 0 Å². The Kier molecular flexibility index (Phi) is 9.58. The van der Waals surface area contributed by atoms with Crippen molar-refractivity contribution in [3.63, 3.8) is 0 Å². The van der Waals surface area contributed by atoms with Crippen molar-refractivity contribution in [2.75, 3.05) is 6.61 Å². The fourth-order valence-electron chi connectivity index (χ4n) is 5.91. The summed E-state index contributed by atoms with van der Waals surface area (Å²) >= 11 is 0. The van der Waals surface area contributed by atoms with E-state index in [0.717, 1.165) is 6.42 Å². The molecule has 32 heavy (non-hydrogen) atoms. The Morgan fingerprint density at radius 1 is 1.25 bits per heavy atom. The van der Waals surface area contributed by atoms with E-state index in [4.69, 9.17) is 0 Å². The van der Waals surface area contributed by atoms with Gasteiger partial charge in [0.1, 0.15) is 0 Å². The van der Waals surface area contributed by atoms with Gasteiger partial charge in [0, 0.05) is 5.92 Å². The fraction of sp³-hybridized carbons (Fsp3) is 0.724. The van der Waals surface area contributed by atoms with Crippen molar-refractivity contribution in [3.8, 4) is 0 Å². The Bertz CT molecular complexity index is 723. The number of aliphatic hydroxyl groups excluding tert-OH is 2. The highest BCUT2D eigenvalue weighted by atomic mass is 16.3. The first-order valence-electron chi connectivity index (χ1n) is 12.7. The van der Waals surface area contributed by atoms with Crippen LogP contribution in [0.15, 0.2) is 47.6 Å². The van der Waals surface area contributed by atoms with Crippen LogP contribution >= 0.6 is 0 Å². The summed E-state index contributed by atoms with van der Waals surface area (Å²) < 4.78 is 0. The molecule has 2 saturated carbocycles. The molecule has 0 amide bonds. The summed E-state index contributed by atoms with van der Waals surface area (Å²) in [6, 6.07) is 0. The second kappa shape index (κ2) is 11.3. The van der Waals surface area contributed by atoms with Gasteiger partial charge < -0.3 is 15.3 Å². The first-order valence-corrected chi connectivity index (χ1v) is 12.7. The van der Waals surface area contributed by atoms with Crippen LogP contribution in [0.5, 0.6) is 0 Å². The van der Waals surface area contributed by atoms with Crippen LogP contribution in [0.4, 0.5) is 0 Å². The molecular weight excluding hydrogens is 396 g/mol. The van der Waals surface area contributed by atoms with Crippen LogP contribution in [-0.2, 0) is 0 Å². The van der Waals surface area contributed by atoms with Crippen molar-refractivity contribution in [2.45, 2.75) is 98.2 Å². The summed E-state index contributed by atoms with van der Waals surface area (Å²) in [5.41, 5.74) is 2.92. The number of rotatable bonds is 10. The van der Waals surface area contributed by atoms with Gasteiger partial charge in [-0.15, -0.1) is 0 Å². The van der Waals surface area contributed by atoms with Gasteiger partial charge in [0.2, 0.25) is 0 Å². The molecule has 2 aliphatic rings. The lowest BCUT2D eigenvalue weighted by Crippen LogP contribution is -2.35. The van der Waals surface area contributed by atoms with Crippen LogP contribution in [0.1, 0.15) is 86.5 Å². The van der Waals surface area contributed by atoms with Gasteiger partial charge in [0.15, 0.2) is 0 Å². The summed E-state index contributed by atoms with van der Waals surface area (Å²) in [7, 11) is 0. The molecule has 3 nitrogen and oxygen atoms in total. The zero-order valence-corrected chi connectivity index (χ0v) is 21.4. The van der Waals surface area contributed by atoms with Crippen molar-refractivity contribution in [2.24, 2.45) is 29.1 Å². The third-order valence-electron chi connectivity index (χ3n) is 8.61. The standard InChI is InChI=1S/C29H48O3/c1-8-23(18-27(31)21(3)19-30)13-14-24-10-9-17-29(7)25(15-16-26(24)29)20(2)11-12-22(4)28(5,6)32/h11-14,20,22,25-27,30-32H,3,8-10,15-19H2,1-2,4-7H3/b12-11+,23-13-,24-14+/t20-,22+,25?,26-,27+,29+/m0/s1. The average molecular weight is 445 g/mol. The van der Waals surface area contributed by atoms with Gasteiger partial charge in [-0.05, 0) is 87.5 Å². The van der Waals surface area contributed by atoms with E-state index in [2.05, 4.69) is 58.6 Å². The molecule has 0 bridgehead atoms. The summed E-state index contributed by atoms with van der Waals surface area (Å²) in [5.74, 6) is 1.96. The number of allylic oxidation sites excluding steroid dienone is 4. The second-order valence-corrected chi connectivity index (χ2v) is 11.2. The van der Waals surface area contributed by atoms with Gasteiger partial charge in [-0.25, -0.2) is 0 Å². The van der Waals surface area contributed by atoms with E-state index in [1.165, 1.54) is 37.7 Å². The van der Waals surface area contributed by atoms with Crippen molar-refractivity contribution < 1.29 is 15.3 Å². The number of hydrogen-bond donors (Lipinski definition) is 3. The van der Waals surface area contributed by atoms with E-state index in [1.807, 2.05) is 13.8 Å². The predicted octanol–water partition coefficient (Wildman–Crippen LogP) is 6.36. The molecule has 0 radical (unpaired) electrons. The fourth-order valence-corrected chi connectivity index (χ4v) is 5.91. The number of hydrogen-bond acceptors (Lipinski definition) is 3. The van der Waals surface area contributed by atoms with Crippen LogP contribution in [0, 0.1) is 29.1 Å². The minimum Gasteiger partial charge on any atom is -0.392 e. The molecule has 0 spiro atoms. The van der Waals surface area contributed by atoms with Crippen LogP contribution in [0.3, 0.4) is 0 Å². The largest absolute Gasteiger partial charge is 0.392 e. The molecule has 0 saturated heterocycles. The number of fused-ring (bicyclic) bond motifs is 1. The SMILES string of the molecule is C=C(CO)[C@H](O)C/C(=C\C=C1/CCC[C@]2(C)C([C@@H](C)/C=C/[C@@H](C)C(C)(C)O)CC[C@@H]12)CC. The predicted molar refractivity (Wildman–Crippen MR) is 135 cm³/mol. The quantitative estimate of drug-likeness (QED) is 0.343. The highest BCUT2D eigenvalue weighted by molar-refractivity contribution is 5.26. The molecule has 6 atom stereocenters. The van der Waals surface area contributed by atoms with Gasteiger partial charge >= 0.3 is 0 Å². The Morgan fingerprint density at radius 2 is 1.94 bits per heavy atom. The molecule has 0 aromatic carbocycles. The molecule has 0 aliphatic heterocycles. The summed E-state index contributed by atoms with van der Waals surface area (Å²) in [6.07, 6.45) is 16.1. The maximum atomic E-state index is 10.3. The van der Waals surface area contributed by atoms with E-state index < -0.39 is 11.7 Å². The maximum Gasteiger partial charge on any atom is 0.0806 e. The van der Waals surface area contributed by atoms with Gasteiger partial charge in [0.25, 0.3) is 0 Å². The lowest BCUT2D eigenvalue weighted by Gasteiger charge is -2.44. The average Bonchev–Trinajstić information content (AvgIpc) is 3.10. The topological polar surface area (TPSA) is 60.7 Å². The highest BCUT2D eigenvalue weighted by Gasteiger charge is 2.50. The van der Waals surface area contributed by atoms with Crippen LogP contribution < -0.4 is 0 Å². The van der Waals surface area contributed by atoms with Gasteiger partial charge in [0.05, 0.1) is 18.3 Å². The first kappa shape index (κ1) is 27.1. The molecule has 2 aliphatic carbocycles. The molecule has 0 aromatic rings. The van der Waals surface area contributed by atoms with Crippen molar-refractivity contribution >= 4 is 0 Å². The first-order chi connectivity index (χ1) is 14.9. The maximum absolute atomic E-state index is 10.3. The number of aliphatic hydroxyl groups is 3. The summed E-state index contributed by atoms with van der Waals surface area (Å²) in [5, 5.41) is 29.7. The Labute approximate surface area is 197 Å². The molecule has 3 N–H and O–H groups in total. The van der Waals surface area contributed by atoms with Crippen molar-refractivity contribution in [3.05, 3.63) is 47.6 Å². The third-order valence-corrected chi connectivity index (χ3v) is 8.61. The Hall–Kier alpha value is -1.16. The highest BCUT2D eigenvalue weighted by Crippen LogP contribution is 2.59. The third kappa shape index (κ3) is 6.46. The van der Waals surface area contributed by atoms with Crippen LogP contribution in [0.2, 0.25) is 0 Å². The van der Waals surface area contributed by atoms with E-state index in [9.17, 15) is 15.3 Å². The van der Waals surface area contributed by atoms with E-state index in [1.54, 1.807) is 5.57 Å². The monoisotopic (exact) mass is 444 g/mol. The van der Waals surface area contributed by atoms with Crippen LogP contribution in [-0.4, -0.2) is 33.6 Å². The zero-order chi connectivity index (χ0) is 24.1.